The zero-order valence-electron chi connectivity index (χ0n) is 4.73. The highest BCUT2D eigenvalue weighted by Crippen LogP contribution is 1.84. The largest absolute Gasteiger partial charge is 0.312 e. The van der Waals surface area contributed by atoms with Crippen molar-refractivity contribution >= 4 is 6.20 Å². The van der Waals surface area contributed by atoms with Crippen LogP contribution in [0, 0.1) is 11.3 Å². The van der Waals surface area contributed by atoms with Crippen LogP contribution in [0.3, 0.4) is 0 Å². The summed E-state index contributed by atoms with van der Waals surface area (Å²) >= 11 is 0. The molecule has 1 heterocycles. The van der Waals surface area contributed by atoms with Gasteiger partial charge in [-0.15, -0.1) is 0 Å². The number of hydrogen-bond acceptors (Lipinski definition) is 2. The fraction of sp³-hybridized carbons (Fsp3) is 0. The lowest BCUT2D eigenvalue weighted by atomic mass is 10.7. The van der Waals surface area contributed by atoms with Gasteiger partial charge in [0.15, 0.2) is 0 Å². The molecule has 0 aliphatic rings. The van der Waals surface area contributed by atoms with Crippen molar-refractivity contribution in [1.82, 2.24) is 9.55 Å². The summed E-state index contributed by atoms with van der Waals surface area (Å²) in [5.74, 6) is 0. The third-order valence-corrected chi connectivity index (χ3v) is 0.846. The molecule has 0 spiro atoms. The molecule has 9 heavy (non-hydrogen) atoms. The molecule has 0 bridgehead atoms. The lowest BCUT2D eigenvalue weighted by Crippen LogP contribution is -1.75. The average Bonchev–Trinajstić information content (AvgIpc) is 2.34. The normalized spacial score (nSPS) is 9.67. The number of allylic oxidation sites excluding steroid dienone is 1. The minimum Gasteiger partial charge on any atom is -0.312 e. The Morgan fingerprint density at radius 2 is 2.56 bits per heavy atom. The van der Waals surface area contributed by atoms with Crippen molar-refractivity contribution in [2.75, 3.05) is 0 Å². The summed E-state index contributed by atoms with van der Waals surface area (Å²) in [5.41, 5.74) is 0. The van der Waals surface area contributed by atoms with Crippen LogP contribution in [0.5, 0.6) is 0 Å². The van der Waals surface area contributed by atoms with Crippen molar-refractivity contribution in [1.29, 1.82) is 5.26 Å². The first kappa shape index (κ1) is 5.57. The number of aromatic nitrogens is 2. The predicted molar refractivity (Wildman–Crippen MR) is 33.2 cm³/mol. The molecule has 0 atom stereocenters. The SMILES string of the molecule is N#C/C=C\n1ccnc1. The summed E-state index contributed by atoms with van der Waals surface area (Å²) in [5, 5.41) is 8.09. The van der Waals surface area contributed by atoms with E-state index in [0.717, 1.165) is 0 Å². The summed E-state index contributed by atoms with van der Waals surface area (Å²) in [4.78, 5) is 3.78. The maximum Gasteiger partial charge on any atom is 0.0986 e. The third-order valence-electron chi connectivity index (χ3n) is 0.846. The Hall–Kier alpha value is -1.56. The number of imidazole rings is 1. The predicted octanol–water partition coefficient (Wildman–Crippen LogP) is 0.877. The van der Waals surface area contributed by atoms with Crippen LogP contribution in [-0.2, 0) is 0 Å². The first-order chi connectivity index (χ1) is 4.43. The van der Waals surface area contributed by atoms with Crippen LogP contribution in [0.1, 0.15) is 0 Å². The molecular weight excluding hydrogens is 114 g/mol. The Balaban J connectivity index is 2.71. The Kier molecular flexibility index (Phi) is 1.66. The molecule has 1 aromatic rings. The van der Waals surface area contributed by atoms with E-state index in [1.165, 1.54) is 6.08 Å². The Morgan fingerprint density at radius 1 is 1.67 bits per heavy atom. The average molecular weight is 119 g/mol. The van der Waals surface area contributed by atoms with Gasteiger partial charge in [0.25, 0.3) is 0 Å². The Bertz CT molecular complexity index is 227. The van der Waals surface area contributed by atoms with Gasteiger partial charge in [0.1, 0.15) is 0 Å². The summed E-state index contributed by atoms with van der Waals surface area (Å²) in [6.45, 7) is 0. The van der Waals surface area contributed by atoms with Gasteiger partial charge in [0.2, 0.25) is 0 Å². The van der Waals surface area contributed by atoms with E-state index in [1.54, 1.807) is 29.5 Å². The minimum atomic E-state index is 1.39. The van der Waals surface area contributed by atoms with E-state index in [0.29, 0.717) is 0 Å². The van der Waals surface area contributed by atoms with Crippen LogP contribution >= 0.6 is 0 Å². The standard InChI is InChI=1S/C6H5N3/c7-2-1-4-9-5-3-8-6-9/h1,3-6H/b4-1-. The smallest absolute Gasteiger partial charge is 0.0986 e. The third kappa shape index (κ3) is 1.42. The van der Waals surface area contributed by atoms with E-state index in [2.05, 4.69) is 4.98 Å². The van der Waals surface area contributed by atoms with Gasteiger partial charge in [-0.2, -0.15) is 5.26 Å². The number of nitriles is 1. The Morgan fingerprint density at radius 3 is 3.11 bits per heavy atom. The van der Waals surface area contributed by atoms with Crippen LogP contribution in [0.15, 0.2) is 24.8 Å². The molecular formula is C6H5N3. The fourth-order valence-electron chi connectivity index (χ4n) is 0.477. The van der Waals surface area contributed by atoms with Gasteiger partial charge in [-0.1, -0.05) is 0 Å². The lowest BCUT2D eigenvalue weighted by Gasteiger charge is -1.82. The van der Waals surface area contributed by atoms with Crippen LogP contribution in [0.2, 0.25) is 0 Å². The molecule has 0 amide bonds. The molecule has 0 aliphatic heterocycles. The number of nitrogens with zero attached hydrogens (tertiary/aromatic N) is 3. The van der Waals surface area contributed by atoms with Gasteiger partial charge in [-0.25, -0.2) is 4.98 Å². The van der Waals surface area contributed by atoms with Gasteiger partial charge in [0.05, 0.1) is 12.4 Å². The first-order valence-corrected chi connectivity index (χ1v) is 2.47. The maximum absolute atomic E-state index is 8.09. The monoisotopic (exact) mass is 119 g/mol. The van der Waals surface area contributed by atoms with Crippen molar-refractivity contribution < 1.29 is 0 Å². The van der Waals surface area contributed by atoms with Gasteiger partial charge in [0, 0.05) is 24.7 Å². The van der Waals surface area contributed by atoms with Gasteiger partial charge in [-0.3, -0.25) is 0 Å². The highest BCUT2D eigenvalue weighted by Gasteiger charge is 1.76. The molecule has 44 valence electrons. The van der Waals surface area contributed by atoms with E-state index in [9.17, 15) is 0 Å². The molecule has 0 unspecified atom stereocenters. The molecule has 1 aromatic heterocycles. The summed E-state index contributed by atoms with van der Waals surface area (Å²) in [6.07, 6.45) is 8.05. The Labute approximate surface area is 52.9 Å². The van der Waals surface area contributed by atoms with Gasteiger partial charge in [-0.05, 0) is 0 Å². The summed E-state index contributed by atoms with van der Waals surface area (Å²) in [7, 11) is 0. The number of rotatable bonds is 1. The van der Waals surface area contributed by atoms with E-state index in [1.807, 2.05) is 6.07 Å². The first-order valence-electron chi connectivity index (χ1n) is 2.47. The van der Waals surface area contributed by atoms with E-state index < -0.39 is 0 Å². The summed E-state index contributed by atoms with van der Waals surface area (Å²) in [6, 6.07) is 1.88. The quantitative estimate of drug-likeness (QED) is 0.515. The second-order valence-corrected chi connectivity index (χ2v) is 1.45. The fourth-order valence-corrected chi connectivity index (χ4v) is 0.477. The molecule has 0 radical (unpaired) electrons. The van der Waals surface area contributed by atoms with Crippen molar-refractivity contribution in [2.45, 2.75) is 0 Å². The van der Waals surface area contributed by atoms with Crippen LogP contribution < -0.4 is 0 Å². The van der Waals surface area contributed by atoms with Crippen molar-refractivity contribution in [3.63, 3.8) is 0 Å². The van der Waals surface area contributed by atoms with Crippen molar-refractivity contribution in [3.05, 3.63) is 24.8 Å². The molecule has 1 rings (SSSR count). The zero-order chi connectivity index (χ0) is 6.53. The molecule has 0 N–H and O–H groups in total. The van der Waals surface area contributed by atoms with Gasteiger partial charge < -0.3 is 4.57 Å². The highest BCUT2D eigenvalue weighted by molar-refractivity contribution is 5.28. The topological polar surface area (TPSA) is 41.6 Å². The van der Waals surface area contributed by atoms with Crippen molar-refractivity contribution in [3.8, 4) is 6.07 Å². The number of hydrogen-bond donors (Lipinski definition) is 0. The molecule has 0 aliphatic carbocycles. The summed E-state index contributed by atoms with van der Waals surface area (Å²) < 4.78 is 1.70. The van der Waals surface area contributed by atoms with E-state index in [4.69, 9.17) is 5.26 Å². The van der Waals surface area contributed by atoms with Crippen LogP contribution in [0.25, 0.3) is 6.20 Å². The maximum atomic E-state index is 8.09. The minimum absolute atomic E-state index is 1.39. The second-order valence-electron chi connectivity index (χ2n) is 1.45. The zero-order valence-corrected chi connectivity index (χ0v) is 4.73. The molecule has 0 aromatic carbocycles. The molecule has 3 heteroatoms. The molecule has 0 saturated heterocycles. The molecule has 3 nitrogen and oxygen atoms in total. The van der Waals surface area contributed by atoms with Crippen LogP contribution in [0.4, 0.5) is 0 Å². The highest BCUT2D eigenvalue weighted by atomic mass is 15.0. The molecule has 0 fully saturated rings. The van der Waals surface area contributed by atoms with Crippen molar-refractivity contribution in [2.24, 2.45) is 0 Å². The molecule has 0 saturated carbocycles. The van der Waals surface area contributed by atoms with Crippen LogP contribution in [-0.4, -0.2) is 9.55 Å². The van der Waals surface area contributed by atoms with Gasteiger partial charge >= 0.3 is 0 Å². The van der Waals surface area contributed by atoms with E-state index >= 15 is 0 Å². The van der Waals surface area contributed by atoms with E-state index in [-0.39, 0.29) is 0 Å². The lowest BCUT2D eigenvalue weighted by molar-refractivity contribution is 1.14. The second kappa shape index (κ2) is 2.68.